The van der Waals surface area contributed by atoms with Gasteiger partial charge >= 0.3 is 5.97 Å². The number of carbonyl (C=O) groups is 3. The Labute approximate surface area is 136 Å². The lowest BCUT2D eigenvalue weighted by Crippen LogP contribution is -2.45. The van der Waals surface area contributed by atoms with Crippen LogP contribution in [0.25, 0.3) is 0 Å². The van der Waals surface area contributed by atoms with Gasteiger partial charge in [-0.05, 0) is 12.3 Å². The van der Waals surface area contributed by atoms with Crippen LogP contribution in [0, 0.1) is 5.92 Å². The predicted molar refractivity (Wildman–Crippen MR) is 81.6 cm³/mol. The maximum atomic E-state index is 11.8. The van der Waals surface area contributed by atoms with E-state index < -0.39 is 17.9 Å². The van der Waals surface area contributed by atoms with Gasteiger partial charge in [-0.15, -0.1) is 0 Å². The zero-order valence-electron chi connectivity index (χ0n) is 14.0. The highest BCUT2D eigenvalue weighted by Gasteiger charge is 2.23. The molecule has 0 aromatic carbocycles. The molecule has 1 heterocycles. The van der Waals surface area contributed by atoms with Crippen LogP contribution in [0.2, 0.25) is 0 Å². The lowest BCUT2D eigenvalue weighted by molar-refractivity contribution is -0.147. The van der Waals surface area contributed by atoms with Crippen LogP contribution in [-0.2, 0) is 28.6 Å². The Hall–Kier alpha value is -1.67. The summed E-state index contributed by atoms with van der Waals surface area (Å²) in [7, 11) is 1.28. The van der Waals surface area contributed by atoms with Gasteiger partial charge in [0.2, 0.25) is 11.8 Å². The molecule has 1 rings (SSSR count). The predicted octanol–water partition coefficient (Wildman–Crippen LogP) is -0.434. The molecular weight excluding hydrogens is 304 g/mol. The van der Waals surface area contributed by atoms with Crippen molar-refractivity contribution in [3.8, 4) is 0 Å². The summed E-state index contributed by atoms with van der Waals surface area (Å²) >= 11 is 0. The molecule has 1 aliphatic heterocycles. The minimum Gasteiger partial charge on any atom is -0.467 e. The van der Waals surface area contributed by atoms with Crippen molar-refractivity contribution in [3.05, 3.63) is 0 Å². The number of hydrogen-bond donors (Lipinski definition) is 1. The van der Waals surface area contributed by atoms with Crippen molar-refractivity contribution in [1.29, 1.82) is 0 Å². The number of hydrogen-bond acceptors (Lipinski definition) is 6. The first-order valence-corrected chi connectivity index (χ1v) is 7.74. The van der Waals surface area contributed by atoms with E-state index in [0.29, 0.717) is 32.7 Å². The first-order valence-electron chi connectivity index (χ1n) is 7.74. The zero-order valence-corrected chi connectivity index (χ0v) is 14.0. The maximum Gasteiger partial charge on any atom is 0.328 e. The Morgan fingerprint density at radius 3 is 2.39 bits per heavy atom. The fourth-order valence-corrected chi connectivity index (χ4v) is 2.20. The van der Waals surface area contributed by atoms with E-state index in [2.05, 4.69) is 10.1 Å². The smallest absolute Gasteiger partial charge is 0.328 e. The fourth-order valence-electron chi connectivity index (χ4n) is 2.20. The van der Waals surface area contributed by atoms with Crippen LogP contribution >= 0.6 is 0 Å². The van der Waals surface area contributed by atoms with E-state index in [0.717, 1.165) is 0 Å². The first kappa shape index (κ1) is 19.4. The van der Waals surface area contributed by atoms with Crippen molar-refractivity contribution in [1.82, 2.24) is 10.2 Å². The molecule has 0 aliphatic carbocycles. The lowest BCUT2D eigenvalue weighted by atomic mass is 10.0. The normalized spacial score (nSPS) is 16.1. The van der Waals surface area contributed by atoms with E-state index in [1.54, 1.807) is 4.90 Å². The van der Waals surface area contributed by atoms with Crippen molar-refractivity contribution in [2.24, 2.45) is 5.92 Å². The Morgan fingerprint density at radius 1 is 1.17 bits per heavy atom. The second-order valence-corrected chi connectivity index (χ2v) is 5.76. The second-order valence-electron chi connectivity index (χ2n) is 5.76. The molecule has 0 aromatic heterocycles. The molecule has 1 aliphatic rings. The molecule has 1 N–H and O–H groups in total. The minimum absolute atomic E-state index is 0.166. The summed E-state index contributed by atoms with van der Waals surface area (Å²) in [5.74, 6) is -0.886. The van der Waals surface area contributed by atoms with Crippen LogP contribution in [0.4, 0.5) is 0 Å². The number of morpholine rings is 1. The second kappa shape index (κ2) is 10.2. The van der Waals surface area contributed by atoms with Gasteiger partial charge in [-0.3, -0.25) is 9.59 Å². The Morgan fingerprint density at radius 2 is 1.83 bits per heavy atom. The number of carbonyl (C=O) groups excluding carboxylic acids is 3. The molecule has 0 spiro atoms. The van der Waals surface area contributed by atoms with Crippen LogP contribution in [0.5, 0.6) is 0 Å². The van der Waals surface area contributed by atoms with Crippen LogP contribution in [-0.4, -0.2) is 75.4 Å². The number of methoxy groups -OCH3 is 1. The monoisotopic (exact) mass is 330 g/mol. The number of nitrogens with one attached hydrogen (secondary N) is 1. The van der Waals surface area contributed by atoms with E-state index >= 15 is 0 Å². The Bertz CT molecular complexity index is 407. The van der Waals surface area contributed by atoms with Crippen molar-refractivity contribution >= 4 is 17.8 Å². The van der Waals surface area contributed by atoms with Gasteiger partial charge < -0.3 is 24.4 Å². The summed E-state index contributed by atoms with van der Waals surface area (Å²) < 4.78 is 15.0. The van der Waals surface area contributed by atoms with Gasteiger partial charge in [0.15, 0.2) is 0 Å². The van der Waals surface area contributed by atoms with Crippen molar-refractivity contribution in [3.63, 3.8) is 0 Å². The van der Waals surface area contributed by atoms with Crippen molar-refractivity contribution in [2.45, 2.75) is 26.3 Å². The molecule has 0 radical (unpaired) electrons. The molecule has 8 heteroatoms. The van der Waals surface area contributed by atoms with Gasteiger partial charge in [-0.1, -0.05) is 13.8 Å². The Balaban J connectivity index is 2.31. The summed E-state index contributed by atoms with van der Waals surface area (Å²) in [6.45, 7) is 5.55. The van der Waals surface area contributed by atoms with Crippen LogP contribution in [0.15, 0.2) is 0 Å². The standard InChI is InChI=1S/C15H26N2O6/c1-11(2)8-12(15(20)21-3)16-13(18)9-23-10-14(19)17-4-6-22-7-5-17/h11-12H,4-10H2,1-3H3,(H,16,18). The molecule has 1 fully saturated rings. The molecule has 23 heavy (non-hydrogen) atoms. The average Bonchev–Trinajstić information content (AvgIpc) is 2.53. The van der Waals surface area contributed by atoms with Gasteiger partial charge in [0.1, 0.15) is 19.3 Å². The molecule has 1 saturated heterocycles. The highest BCUT2D eigenvalue weighted by Crippen LogP contribution is 2.06. The van der Waals surface area contributed by atoms with E-state index in [9.17, 15) is 14.4 Å². The molecule has 1 unspecified atom stereocenters. The highest BCUT2D eigenvalue weighted by atomic mass is 16.5. The van der Waals surface area contributed by atoms with Crippen molar-refractivity contribution < 1.29 is 28.6 Å². The van der Waals surface area contributed by atoms with E-state index in [4.69, 9.17) is 9.47 Å². The lowest BCUT2D eigenvalue weighted by Gasteiger charge is -2.26. The van der Waals surface area contributed by atoms with Gasteiger partial charge in [0.25, 0.3) is 0 Å². The van der Waals surface area contributed by atoms with E-state index in [1.807, 2.05) is 13.8 Å². The number of ether oxygens (including phenoxy) is 3. The summed E-state index contributed by atoms with van der Waals surface area (Å²) in [5, 5.41) is 2.57. The molecule has 0 aromatic rings. The minimum atomic E-state index is -0.703. The third-order valence-corrected chi connectivity index (χ3v) is 3.35. The van der Waals surface area contributed by atoms with Crippen LogP contribution in [0.3, 0.4) is 0 Å². The zero-order chi connectivity index (χ0) is 17.2. The Kier molecular flexibility index (Phi) is 8.57. The largest absolute Gasteiger partial charge is 0.467 e. The molecule has 0 bridgehead atoms. The fraction of sp³-hybridized carbons (Fsp3) is 0.800. The van der Waals surface area contributed by atoms with Gasteiger partial charge in [0, 0.05) is 13.1 Å². The number of esters is 1. The third-order valence-electron chi connectivity index (χ3n) is 3.35. The van der Waals surface area contributed by atoms with E-state index in [1.165, 1.54) is 7.11 Å². The van der Waals surface area contributed by atoms with Gasteiger partial charge in [0.05, 0.1) is 20.3 Å². The van der Waals surface area contributed by atoms with Gasteiger partial charge in [-0.25, -0.2) is 4.79 Å². The first-order chi connectivity index (χ1) is 10.9. The van der Waals surface area contributed by atoms with Crippen LogP contribution < -0.4 is 5.32 Å². The summed E-state index contributed by atoms with van der Waals surface area (Å²) in [5.41, 5.74) is 0. The number of nitrogens with zero attached hydrogens (tertiary/aromatic N) is 1. The van der Waals surface area contributed by atoms with Gasteiger partial charge in [-0.2, -0.15) is 0 Å². The molecular formula is C15H26N2O6. The highest BCUT2D eigenvalue weighted by molar-refractivity contribution is 5.85. The summed E-state index contributed by atoms with van der Waals surface area (Å²) in [6, 6.07) is -0.703. The number of amides is 2. The molecule has 2 amide bonds. The third kappa shape index (κ3) is 7.43. The SMILES string of the molecule is COC(=O)C(CC(C)C)NC(=O)COCC(=O)N1CCOCC1. The molecule has 0 saturated carbocycles. The van der Waals surface area contributed by atoms with Crippen LogP contribution in [0.1, 0.15) is 20.3 Å². The average molecular weight is 330 g/mol. The van der Waals surface area contributed by atoms with Crippen molar-refractivity contribution in [2.75, 3.05) is 46.6 Å². The summed E-state index contributed by atoms with van der Waals surface area (Å²) in [6.07, 6.45) is 0.477. The maximum absolute atomic E-state index is 11.8. The topological polar surface area (TPSA) is 94.2 Å². The van der Waals surface area contributed by atoms with E-state index in [-0.39, 0.29) is 25.0 Å². The molecule has 132 valence electrons. The molecule has 1 atom stereocenters. The molecule has 8 nitrogen and oxygen atoms in total. The summed E-state index contributed by atoms with van der Waals surface area (Å²) in [4.78, 5) is 36.9. The quantitative estimate of drug-likeness (QED) is 0.607. The number of rotatable bonds is 8.